The van der Waals surface area contributed by atoms with E-state index in [1.807, 2.05) is 22.2 Å². The highest BCUT2D eigenvalue weighted by molar-refractivity contribution is 5.75. The number of amides is 2. The van der Waals surface area contributed by atoms with Gasteiger partial charge in [0.05, 0.1) is 46.6 Å². The van der Waals surface area contributed by atoms with E-state index in [9.17, 15) is 9.59 Å². The molecule has 4 saturated heterocycles. The molecule has 0 N–H and O–H groups in total. The number of ether oxygens (including phenoxy) is 2. The lowest BCUT2D eigenvalue weighted by Crippen LogP contribution is -2.36. The van der Waals surface area contributed by atoms with Gasteiger partial charge in [-0.1, -0.05) is 19.6 Å². The fourth-order valence-corrected chi connectivity index (χ4v) is 9.67. The zero-order chi connectivity index (χ0) is 36.8. The van der Waals surface area contributed by atoms with Gasteiger partial charge in [0, 0.05) is 104 Å². The van der Waals surface area contributed by atoms with E-state index >= 15 is 0 Å². The average molecular weight is 749 g/mol. The van der Waals surface area contributed by atoms with Crippen LogP contribution in [0.5, 0.6) is 0 Å². The Labute approximate surface area is 324 Å². The Morgan fingerprint density at radius 1 is 0.582 bits per heavy atom. The molecule has 4 aliphatic heterocycles. The standard InChI is InChI=1S/2C21H26N4O2.CH4/c2*1-14(26)24-8-4-16(5-9-24)19-13-25-20(23-19)12-22-18-3-2-17(21(18)25)15-6-10-27-11-7-15;/h2*2,12-13,15-16H,3-11H2,1H3;1H4. The van der Waals surface area contributed by atoms with Crippen LogP contribution < -0.4 is 0 Å². The minimum atomic E-state index is 0. The molecule has 0 radical (unpaired) electrons. The van der Waals surface area contributed by atoms with Crippen molar-refractivity contribution in [1.29, 1.82) is 0 Å². The van der Waals surface area contributed by atoms with E-state index in [0.29, 0.717) is 23.7 Å². The zero-order valence-corrected chi connectivity index (χ0v) is 31.7. The van der Waals surface area contributed by atoms with E-state index in [0.717, 1.165) is 139 Å². The molecule has 12 nitrogen and oxygen atoms in total. The second-order valence-electron chi connectivity index (χ2n) is 16.0. The first kappa shape index (κ1) is 37.5. The van der Waals surface area contributed by atoms with Gasteiger partial charge < -0.3 is 19.3 Å². The van der Waals surface area contributed by atoms with Gasteiger partial charge in [0.25, 0.3) is 0 Å². The van der Waals surface area contributed by atoms with Crippen molar-refractivity contribution < 1.29 is 19.1 Å². The molecule has 0 atom stereocenters. The molecule has 12 heteroatoms. The van der Waals surface area contributed by atoms with Crippen LogP contribution in [-0.4, -0.2) is 103 Å². The van der Waals surface area contributed by atoms with Gasteiger partial charge >= 0.3 is 0 Å². The predicted molar refractivity (Wildman–Crippen MR) is 212 cm³/mol. The molecule has 2 amide bonds. The third kappa shape index (κ3) is 7.35. The Bertz CT molecular complexity index is 1950. The van der Waals surface area contributed by atoms with E-state index < -0.39 is 0 Å². The first-order valence-electron chi connectivity index (χ1n) is 20.2. The second kappa shape index (κ2) is 16.0. The SMILES string of the molecule is C.CC(=O)N1CCC(c2cn3c4c(ncc3n2)CC=C4C2CCOCC2)CC1.CC(=O)N1CCC(c2cn3c4c(ncc3n2)CC=C4C2CCOCC2)CC1. The van der Waals surface area contributed by atoms with Crippen molar-refractivity contribution in [2.45, 2.75) is 97.3 Å². The van der Waals surface area contributed by atoms with Gasteiger partial charge in [-0.2, -0.15) is 0 Å². The van der Waals surface area contributed by atoms with Crippen LogP contribution in [0.3, 0.4) is 0 Å². The molecule has 4 aromatic heterocycles. The topological polar surface area (TPSA) is 119 Å². The van der Waals surface area contributed by atoms with Crippen LogP contribution in [0.25, 0.3) is 22.4 Å². The number of fused-ring (bicyclic) bond motifs is 6. The quantitative estimate of drug-likeness (QED) is 0.240. The molecule has 10 rings (SSSR count). The molecule has 8 heterocycles. The number of imidazole rings is 2. The minimum Gasteiger partial charge on any atom is -0.381 e. The van der Waals surface area contributed by atoms with Crippen molar-refractivity contribution >= 4 is 34.3 Å². The van der Waals surface area contributed by atoms with Crippen LogP contribution in [-0.2, 0) is 31.9 Å². The molecular formula is C43H56N8O4. The van der Waals surface area contributed by atoms with E-state index in [1.54, 1.807) is 13.8 Å². The summed E-state index contributed by atoms with van der Waals surface area (Å²) in [5.74, 6) is 2.34. The number of rotatable bonds is 4. The normalized spacial score (nSPS) is 21.1. The molecule has 55 heavy (non-hydrogen) atoms. The first-order chi connectivity index (χ1) is 26.4. The van der Waals surface area contributed by atoms with Gasteiger partial charge in [-0.05, 0) is 74.3 Å². The first-order valence-corrected chi connectivity index (χ1v) is 20.2. The van der Waals surface area contributed by atoms with Crippen molar-refractivity contribution in [3.63, 3.8) is 0 Å². The summed E-state index contributed by atoms with van der Waals surface area (Å²) in [5.41, 5.74) is 11.9. The van der Waals surface area contributed by atoms with Gasteiger partial charge in [-0.25, -0.2) is 9.97 Å². The summed E-state index contributed by atoms with van der Waals surface area (Å²) in [6.07, 6.45) is 23.1. The number of carbonyl (C=O) groups excluding carboxylic acids is 2. The molecule has 0 bridgehead atoms. The number of carbonyl (C=O) groups is 2. The average Bonchev–Trinajstić information content (AvgIpc) is 4.03. The Morgan fingerprint density at radius 3 is 1.33 bits per heavy atom. The summed E-state index contributed by atoms with van der Waals surface area (Å²) in [5, 5.41) is 0. The third-order valence-electron chi connectivity index (χ3n) is 12.8. The number of allylic oxidation sites excluding steroid dienone is 4. The molecule has 0 saturated carbocycles. The maximum atomic E-state index is 11.6. The van der Waals surface area contributed by atoms with E-state index in [2.05, 4.69) is 33.3 Å². The van der Waals surface area contributed by atoms with Crippen LogP contribution in [0.1, 0.15) is 119 Å². The third-order valence-corrected chi connectivity index (χ3v) is 12.8. The van der Waals surface area contributed by atoms with E-state index in [1.165, 1.54) is 33.9 Å². The maximum Gasteiger partial charge on any atom is 0.219 e. The van der Waals surface area contributed by atoms with Gasteiger partial charge in [-0.3, -0.25) is 28.4 Å². The molecule has 292 valence electrons. The molecule has 0 spiro atoms. The Kier molecular flexibility index (Phi) is 10.9. The molecule has 2 aliphatic carbocycles. The molecule has 4 fully saturated rings. The molecule has 0 aromatic carbocycles. The van der Waals surface area contributed by atoms with Crippen molar-refractivity contribution in [3.8, 4) is 0 Å². The zero-order valence-electron chi connectivity index (χ0n) is 31.7. The lowest BCUT2D eigenvalue weighted by atomic mass is 9.90. The lowest BCUT2D eigenvalue weighted by molar-refractivity contribution is -0.130. The Morgan fingerprint density at radius 2 is 0.964 bits per heavy atom. The van der Waals surface area contributed by atoms with Crippen LogP contribution in [0.15, 0.2) is 36.9 Å². The Hall–Kier alpha value is -4.42. The van der Waals surface area contributed by atoms with Gasteiger partial charge in [-0.15, -0.1) is 0 Å². The summed E-state index contributed by atoms with van der Waals surface area (Å²) in [7, 11) is 0. The van der Waals surface area contributed by atoms with Crippen molar-refractivity contribution in [2.75, 3.05) is 52.6 Å². The maximum absolute atomic E-state index is 11.6. The second-order valence-corrected chi connectivity index (χ2v) is 16.0. The highest BCUT2D eigenvalue weighted by Crippen LogP contribution is 2.40. The minimum absolute atomic E-state index is 0. The van der Waals surface area contributed by atoms with Crippen LogP contribution in [0.4, 0.5) is 0 Å². The summed E-state index contributed by atoms with van der Waals surface area (Å²) < 4.78 is 15.6. The van der Waals surface area contributed by atoms with Gasteiger partial charge in [0.1, 0.15) is 0 Å². The molecule has 4 aromatic rings. The summed E-state index contributed by atoms with van der Waals surface area (Å²) in [6.45, 7) is 10.0. The largest absolute Gasteiger partial charge is 0.381 e. The fraction of sp³-hybridized carbons (Fsp3) is 0.581. The number of likely N-dealkylation sites (tertiary alicyclic amines) is 2. The molecule has 0 unspecified atom stereocenters. The van der Waals surface area contributed by atoms with Crippen molar-refractivity contribution in [2.24, 2.45) is 11.8 Å². The highest BCUT2D eigenvalue weighted by Gasteiger charge is 2.31. The van der Waals surface area contributed by atoms with Crippen LogP contribution >= 0.6 is 0 Å². The van der Waals surface area contributed by atoms with Gasteiger partial charge in [0.15, 0.2) is 11.3 Å². The summed E-state index contributed by atoms with van der Waals surface area (Å²) >= 11 is 0. The van der Waals surface area contributed by atoms with Crippen LogP contribution in [0.2, 0.25) is 0 Å². The van der Waals surface area contributed by atoms with Crippen molar-refractivity contribution in [1.82, 2.24) is 38.5 Å². The molecule has 6 aliphatic rings. The van der Waals surface area contributed by atoms with E-state index in [-0.39, 0.29) is 19.2 Å². The predicted octanol–water partition coefficient (Wildman–Crippen LogP) is 6.28. The van der Waals surface area contributed by atoms with E-state index in [4.69, 9.17) is 29.4 Å². The van der Waals surface area contributed by atoms with Crippen molar-refractivity contribution in [3.05, 3.63) is 71.1 Å². The Balaban J connectivity index is 0.000000153. The smallest absolute Gasteiger partial charge is 0.219 e. The summed E-state index contributed by atoms with van der Waals surface area (Å²) in [4.78, 5) is 46.3. The number of hydrogen-bond donors (Lipinski definition) is 0. The number of nitrogens with zero attached hydrogens (tertiary/aromatic N) is 8. The number of aromatic nitrogens is 6. The fourth-order valence-electron chi connectivity index (χ4n) is 9.67. The lowest BCUT2D eigenvalue weighted by Gasteiger charge is -2.30. The summed E-state index contributed by atoms with van der Waals surface area (Å²) in [6, 6.07) is 0. The monoisotopic (exact) mass is 748 g/mol. The molecular weight excluding hydrogens is 693 g/mol. The number of hydrogen-bond acceptors (Lipinski definition) is 8. The van der Waals surface area contributed by atoms with Gasteiger partial charge in [0.2, 0.25) is 11.8 Å². The van der Waals surface area contributed by atoms with Crippen LogP contribution in [0, 0.1) is 11.8 Å². The highest BCUT2D eigenvalue weighted by atomic mass is 16.5. The number of piperidine rings is 2.